The monoisotopic (exact) mass is 355 g/mol. The molecule has 6 nitrogen and oxygen atoms in total. The highest BCUT2D eigenvalue weighted by molar-refractivity contribution is 6.30. The highest BCUT2D eigenvalue weighted by Crippen LogP contribution is 2.39. The smallest absolute Gasteiger partial charge is 0.241 e. The molecule has 0 bridgehead atoms. The predicted octanol–water partition coefficient (Wildman–Crippen LogP) is 3.67. The summed E-state index contributed by atoms with van der Waals surface area (Å²) in [6.45, 7) is 0. The van der Waals surface area contributed by atoms with Gasteiger partial charge in [-0.3, -0.25) is 0 Å². The zero-order valence-electron chi connectivity index (χ0n) is 13.7. The lowest BCUT2D eigenvalue weighted by Gasteiger charge is -2.31. The van der Waals surface area contributed by atoms with Crippen LogP contribution >= 0.6 is 11.6 Å². The number of nitrogens with zero attached hydrogens (tertiary/aromatic N) is 3. The van der Waals surface area contributed by atoms with Gasteiger partial charge >= 0.3 is 0 Å². The molecule has 1 aliphatic rings. The number of hydrogen-bond acceptors (Lipinski definition) is 5. The second kappa shape index (κ2) is 6.29. The van der Waals surface area contributed by atoms with Crippen molar-refractivity contribution in [3.8, 4) is 5.75 Å². The van der Waals surface area contributed by atoms with Crippen LogP contribution in [0.1, 0.15) is 29.6 Å². The first kappa shape index (κ1) is 15.8. The first-order valence-electron chi connectivity index (χ1n) is 8.02. The van der Waals surface area contributed by atoms with Gasteiger partial charge in [0.15, 0.2) is 0 Å². The van der Waals surface area contributed by atoms with Gasteiger partial charge in [-0.1, -0.05) is 35.9 Å². The highest BCUT2D eigenvalue weighted by Gasteiger charge is 2.31. The van der Waals surface area contributed by atoms with Crippen LogP contribution in [0.3, 0.4) is 0 Å². The Labute approximate surface area is 150 Å². The van der Waals surface area contributed by atoms with Crippen molar-refractivity contribution >= 4 is 23.5 Å². The molecular weight excluding hydrogens is 338 g/mol. The van der Waals surface area contributed by atoms with E-state index >= 15 is 0 Å². The largest absolute Gasteiger partial charge is 0.497 e. The topological polar surface area (TPSA) is 78.0 Å². The summed E-state index contributed by atoms with van der Waals surface area (Å²) in [4.78, 5) is 4.32. The van der Waals surface area contributed by atoms with Gasteiger partial charge in [0.2, 0.25) is 11.9 Å². The molecule has 0 amide bonds. The number of benzene rings is 2. The third-order valence-corrected chi connectivity index (χ3v) is 4.67. The Balaban J connectivity index is 1.76. The molecule has 0 fully saturated rings. The van der Waals surface area contributed by atoms with Gasteiger partial charge in [-0.25, -0.2) is 4.68 Å². The standard InChI is InChI=1S/C18H18ClN5O/c1-25-14-7-3-4-11(9-14)15-10-16(12-5-2-6-13(19)8-12)24-18(21-15)22-17(20)23-24/h2-9,15-16H,10H2,1H3,(H3,20,21,22,23)/t15-,16-/m0/s1. The number of aromatic nitrogens is 3. The Bertz CT molecular complexity index is 910. The Morgan fingerprint density at radius 1 is 1.20 bits per heavy atom. The van der Waals surface area contributed by atoms with Gasteiger partial charge in [0.05, 0.1) is 19.2 Å². The summed E-state index contributed by atoms with van der Waals surface area (Å²) >= 11 is 6.19. The number of methoxy groups -OCH3 is 1. The van der Waals surface area contributed by atoms with Crippen LogP contribution in [0.5, 0.6) is 5.75 Å². The van der Waals surface area contributed by atoms with E-state index in [9.17, 15) is 0 Å². The third kappa shape index (κ3) is 3.00. The number of nitrogen functional groups attached to an aromatic ring is 1. The minimum atomic E-state index is -0.00375. The molecule has 3 aromatic rings. The lowest BCUT2D eigenvalue weighted by Crippen LogP contribution is -2.28. The van der Waals surface area contributed by atoms with Crippen LogP contribution in [-0.2, 0) is 0 Å². The maximum absolute atomic E-state index is 6.19. The van der Waals surface area contributed by atoms with Crippen LogP contribution in [0, 0.1) is 0 Å². The summed E-state index contributed by atoms with van der Waals surface area (Å²) in [5, 5.41) is 8.47. The van der Waals surface area contributed by atoms with E-state index in [1.165, 1.54) is 0 Å². The molecule has 2 aromatic carbocycles. The summed E-state index contributed by atoms with van der Waals surface area (Å²) in [6.07, 6.45) is 0.795. The molecule has 1 aliphatic heterocycles. The van der Waals surface area contributed by atoms with E-state index in [4.69, 9.17) is 22.1 Å². The summed E-state index contributed by atoms with van der Waals surface area (Å²) in [7, 11) is 1.67. The molecule has 3 N–H and O–H groups in total. The SMILES string of the molecule is COc1cccc([C@@H]2C[C@@H](c3cccc(Cl)c3)n3nc(N)nc3N2)c1. The van der Waals surface area contributed by atoms with E-state index in [1.807, 2.05) is 47.1 Å². The van der Waals surface area contributed by atoms with E-state index < -0.39 is 0 Å². The average molecular weight is 356 g/mol. The Kier molecular flexibility index (Phi) is 3.97. The van der Waals surface area contributed by atoms with E-state index in [-0.39, 0.29) is 18.0 Å². The normalized spacial score (nSPS) is 19.1. The van der Waals surface area contributed by atoms with Crippen LogP contribution in [0.2, 0.25) is 5.02 Å². The fourth-order valence-corrected chi connectivity index (χ4v) is 3.46. The van der Waals surface area contributed by atoms with Crippen molar-refractivity contribution < 1.29 is 4.74 Å². The van der Waals surface area contributed by atoms with Gasteiger partial charge in [-0.15, -0.1) is 5.10 Å². The van der Waals surface area contributed by atoms with E-state index in [2.05, 4.69) is 21.5 Å². The molecule has 128 valence electrons. The number of fused-ring (bicyclic) bond motifs is 1. The number of anilines is 2. The van der Waals surface area contributed by atoms with Gasteiger partial charge in [0, 0.05) is 5.02 Å². The van der Waals surface area contributed by atoms with Crippen LogP contribution < -0.4 is 15.8 Å². The van der Waals surface area contributed by atoms with E-state index in [0.29, 0.717) is 11.0 Å². The van der Waals surface area contributed by atoms with Crippen LogP contribution in [0.15, 0.2) is 48.5 Å². The third-order valence-electron chi connectivity index (χ3n) is 4.43. The van der Waals surface area contributed by atoms with Crippen molar-refractivity contribution in [2.24, 2.45) is 0 Å². The minimum absolute atomic E-state index is 0.00375. The molecule has 7 heteroatoms. The van der Waals surface area contributed by atoms with Crippen molar-refractivity contribution in [3.63, 3.8) is 0 Å². The molecule has 0 saturated carbocycles. The molecule has 0 radical (unpaired) electrons. The Morgan fingerprint density at radius 2 is 2.00 bits per heavy atom. The molecule has 1 aromatic heterocycles. The van der Waals surface area contributed by atoms with Gasteiger partial charge in [0.1, 0.15) is 5.75 Å². The van der Waals surface area contributed by atoms with Crippen LogP contribution in [-0.4, -0.2) is 21.9 Å². The van der Waals surface area contributed by atoms with Gasteiger partial charge in [-0.2, -0.15) is 4.98 Å². The number of nitrogens with two attached hydrogens (primary N) is 1. The number of nitrogens with one attached hydrogen (secondary N) is 1. The summed E-state index contributed by atoms with van der Waals surface area (Å²) in [5.74, 6) is 1.73. The van der Waals surface area contributed by atoms with Crippen molar-refractivity contribution in [1.82, 2.24) is 14.8 Å². The lowest BCUT2D eigenvalue weighted by molar-refractivity contribution is 0.410. The molecule has 4 rings (SSSR count). The second-order valence-corrected chi connectivity index (χ2v) is 6.45. The maximum atomic E-state index is 6.19. The van der Waals surface area contributed by atoms with Gasteiger partial charge in [0.25, 0.3) is 0 Å². The van der Waals surface area contributed by atoms with Crippen molar-refractivity contribution in [2.75, 3.05) is 18.2 Å². The molecular formula is C18H18ClN5O. The molecule has 25 heavy (non-hydrogen) atoms. The van der Waals surface area contributed by atoms with Crippen LogP contribution in [0.25, 0.3) is 0 Å². The summed E-state index contributed by atoms with van der Waals surface area (Å²) < 4.78 is 7.18. The molecule has 2 heterocycles. The molecule has 2 atom stereocenters. The van der Waals surface area contributed by atoms with Crippen molar-refractivity contribution in [3.05, 3.63) is 64.7 Å². The van der Waals surface area contributed by atoms with E-state index in [0.717, 1.165) is 23.3 Å². The zero-order chi connectivity index (χ0) is 17.4. The fourth-order valence-electron chi connectivity index (χ4n) is 3.26. The van der Waals surface area contributed by atoms with Gasteiger partial charge < -0.3 is 15.8 Å². The van der Waals surface area contributed by atoms with Gasteiger partial charge in [-0.05, 0) is 41.8 Å². The lowest BCUT2D eigenvalue weighted by atomic mass is 9.93. The Morgan fingerprint density at radius 3 is 2.80 bits per heavy atom. The van der Waals surface area contributed by atoms with Crippen molar-refractivity contribution in [1.29, 1.82) is 0 Å². The predicted molar refractivity (Wildman–Crippen MR) is 98.0 cm³/mol. The maximum Gasteiger partial charge on any atom is 0.241 e. The Hall–Kier alpha value is -2.73. The first-order chi connectivity index (χ1) is 12.1. The number of ether oxygens (including phenoxy) is 1. The van der Waals surface area contributed by atoms with E-state index in [1.54, 1.807) is 7.11 Å². The molecule has 0 aliphatic carbocycles. The van der Waals surface area contributed by atoms with Crippen molar-refractivity contribution in [2.45, 2.75) is 18.5 Å². The molecule has 0 saturated heterocycles. The average Bonchev–Trinajstić information content (AvgIpc) is 3.01. The summed E-state index contributed by atoms with van der Waals surface area (Å²) in [6, 6.07) is 15.9. The molecule has 0 spiro atoms. The summed E-state index contributed by atoms with van der Waals surface area (Å²) in [5.41, 5.74) is 8.03. The number of rotatable bonds is 3. The number of hydrogen-bond donors (Lipinski definition) is 2. The second-order valence-electron chi connectivity index (χ2n) is 6.02. The highest BCUT2D eigenvalue weighted by atomic mass is 35.5. The zero-order valence-corrected chi connectivity index (χ0v) is 14.4. The molecule has 0 unspecified atom stereocenters. The fraction of sp³-hybridized carbons (Fsp3) is 0.222. The number of halogens is 1. The van der Waals surface area contributed by atoms with Crippen LogP contribution in [0.4, 0.5) is 11.9 Å². The quantitative estimate of drug-likeness (QED) is 0.749. The minimum Gasteiger partial charge on any atom is -0.497 e. The first-order valence-corrected chi connectivity index (χ1v) is 8.40.